The van der Waals surface area contributed by atoms with E-state index in [1.165, 1.54) is 11.8 Å². The molecule has 1 N–H and O–H groups in total. The van der Waals surface area contributed by atoms with Gasteiger partial charge in [-0.2, -0.15) is 0 Å². The Morgan fingerprint density at radius 1 is 0.828 bits per heavy atom. The summed E-state index contributed by atoms with van der Waals surface area (Å²) in [6.07, 6.45) is 0. The lowest BCUT2D eigenvalue weighted by Crippen LogP contribution is -2.11. The van der Waals surface area contributed by atoms with Crippen LogP contribution in [0.25, 0.3) is 0 Å². The molecular formula is C23H21NO4S. The Balaban J connectivity index is 1.57. The quantitative estimate of drug-likeness (QED) is 0.424. The molecule has 0 aromatic heterocycles. The first-order valence-electron chi connectivity index (χ1n) is 8.94. The van der Waals surface area contributed by atoms with E-state index in [1.54, 1.807) is 56.7 Å². The van der Waals surface area contributed by atoms with Gasteiger partial charge in [-0.25, -0.2) is 0 Å². The van der Waals surface area contributed by atoms with Crippen LogP contribution < -0.4 is 14.8 Å². The topological polar surface area (TPSA) is 64.6 Å². The number of carbonyl (C=O) groups excluding carboxylic acids is 2. The fraction of sp³-hybridized carbons (Fsp3) is 0.130. The maximum Gasteiger partial charge on any atom is 0.255 e. The Morgan fingerprint density at radius 2 is 1.41 bits per heavy atom. The molecule has 0 unspecified atom stereocenters. The second-order valence-electron chi connectivity index (χ2n) is 6.15. The van der Waals surface area contributed by atoms with Crippen LogP contribution in [0.4, 0.5) is 5.69 Å². The summed E-state index contributed by atoms with van der Waals surface area (Å²) in [5.41, 5.74) is 1.83. The Bertz CT molecular complexity index is 1000. The van der Waals surface area contributed by atoms with Crippen molar-refractivity contribution in [1.82, 2.24) is 0 Å². The van der Waals surface area contributed by atoms with E-state index in [9.17, 15) is 9.59 Å². The maximum absolute atomic E-state index is 12.4. The summed E-state index contributed by atoms with van der Waals surface area (Å²) in [6.45, 7) is 0. The van der Waals surface area contributed by atoms with Gasteiger partial charge < -0.3 is 14.8 Å². The number of nitrogens with one attached hydrogen (secondary N) is 1. The second-order valence-corrected chi connectivity index (χ2v) is 7.20. The van der Waals surface area contributed by atoms with Gasteiger partial charge in [-0.05, 0) is 54.6 Å². The molecule has 0 saturated heterocycles. The van der Waals surface area contributed by atoms with Gasteiger partial charge in [-0.15, -0.1) is 11.8 Å². The zero-order valence-electron chi connectivity index (χ0n) is 16.2. The van der Waals surface area contributed by atoms with E-state index < -0.39 is 0 Å². The first kappa shape index (κ1) is 20.5. The number of amides is 1. The summed E-state index contributed by atoms with van der Waals surface area (Å²) in [4.78, 5) is 25.7. The number of carbonyl (C=O) groups is 2. The van der Waals surface area contributed by atoms with Gasteiger partial charge in [0, 0.05) is 21.7 Å². The third-order valence-electron chi connectivity index (χ3n) is 4.21. The molecule has 0 aliphatic rings. The minimum absolute atomic E-state index is 0.0318. The van der Waals surface area contributed by atoms with Gasteiger partial charge >= 0.3 is 0 Å². The van der Waals surface area contributed by atoms with Gasteiger partial charge in [-0.3, -0.25) is 9.59 Å². The zero-order valence-corrected chi connectivity index (χ0v) is 17.0. The van der Waals surface area contributed by atoms with Crippen molar-refractivity contribution < 1.29 is 19.1 Å². The van der Waals surface area contributed by atoms with Crippen molar-refractivity contribution in [2.75, 3.05) is 25.3 Å². The van der Waals surface area contributed by atoms with Gasteiger partial charge in [0.2, 0.25) is 0 Å². The number of ketones is 1. The van der Waals surface area contributed by atoms with Crippen LogP contribution in [0, 0.1) is 0 Å². The molecule has 3 aromatic carbocycles. The maximum atomic E-state index is 12.4. The van der Waals surface area contributed by atoms with Gasteiger partial charge in [0.05, 0.1) is 20.0 Å². The largest absolute Gasteiger partial charge is 0.497 e. The number of thioether (sulfide) groups is 1. The van der Waals surface area contributed by atoms with E-state index in [2.05, 4.69) is 5.32 Å². The molecule has 3 rings (SSSR count). The van der Waals surface area contributed by atoms with Gasteiger partial charge in [0.1, 0.15) is 11.5 Å². The number of anilines is 1. The van der Waals surface area contributed by atoms with Crippen LogP contribution in [0.2, 0.25) is 0 Å². The Hall–Kier alpha value is -3.25. The molecule has 29 heavy (non-hydrogen) atoms. The standard InChI is InChI=1S/C23H21NO4S/c1-27-19-7-3-5-16(13-19)22(25)15-29-21-11-9-18(10-12-21)24-23(26)17-6-4-8-20(14-17)28-2/h3-14H,15H2,1-2H3,(H,24,26). The molecule has 0 saturated carbocycles. The molecule has 0 spiro atoms. The highest BCUT2D eigenvalue weighted by Crippen LogP contribution is 2.23. The van der Waals surface area contributed by atoms with E-state index in [4.69, 9.17) is 9.47 Å². The highest BCUT2D eigenvalue weighted by atomic mass is 32.2. The summed E-state index contributed by atoms with van der Waals surface area (Å²) < 4.78 is 10.3. The number of methoxy groups -OCH3 is 2. The average molecular weight is 407 g/mol. The molecule has 6 heteroatoms. The molecule has 0 heterocycles. The van der Waals surface area contributed by atoms with Crippen molar-refractivity contribution in [1.29, 1.82) is 0 Å². The third kappa shape index (κ3) is 5.62. The molecule has 0 aliphatic heterocycles. The average Bonchev–Trinajstić information content (AvgIpc) is 2.78. The third-order valence-corrected chi connectivity index (χ3v) is 5.22. The van der Waals surface area contributed by atoms with Crippen LogP contribution in [0.1, 0.15) is 20.7 Å². The molecule has 3 aromatic rings. The highest BCUT2D eigenvalue weighted by molar-refractivity contribution is 8.00. The number of rotatable bonds is 8. The number of Topliss-reactive ketones (excluding diaryl/α,β-unsaturated/α-hetero) is 1. The summed E-state index contributed by atoms with van der Waals surface area (Å²) in [5, 5.41) is 2.86. The van der Waals surface area contributed by atoms with Crippen LogP contribution in [-0.4, -0.2) is 31.7 Å². The Labute approximate surface area is 174 Å². The van der Waals surface area contributed by atoms with E-state index in [0.717, 1.165) is 4.90 Å². The summed E-state index contributed by atoms with van der Waals surface area (Å²) in [6, 6.07) is 21.5. The minimum atomic E-state index is -0.211. The molecular weight excluding hydrogens is 386 g/mol. The van der Waals surface area contributed by atoms with Gasteiger partial charge in [0.25, 0.3) is 5.91 Å². The lowest BCUT2D eigenvalue weighted by molar-refractivity contribution is 0.101. The molecule has 148 valence electrons. The van der Waals surface area contributed by atoms with Crippen molar-refractivity contribution in [3.05, 3.63) is 83.9 Å². The van der Waals surface area contributed by atoms with Crippen molar-refractivity contribution >= 4 is 29.1 Å². The lowest BCUT2D eigenvalue weighted by Gasteiger charge is -2.08. The van der Waals surface area contributed by atoms with Crippen molar-refractivity contribution in [3.8, 4) is 11.5 Å². The van der Waals surface area contributed by atoms with Crippen LogP contribution in [0.5, 0.6) is 11.5 Å². The van der Waals surface area contributed by atoms with Crippen molar-refractivity contribution in [3.63, 3.8) is 0 Å². The van der Waals surface area contributed by atoms with Crippen molar-refractivity contribution in [2.45, 2.75) is 4.90 Å². The molecule has 0 fully saturated rings. The molecule has 0 atom stereocenters. The molecule has 5 nitrogen and oxygen atoms in total. The highest BCUT2D eigenvalue weighted by Gasteiger charge is 2.09. The molecule has 1 amide bonds. The van der Waals surface area contributed by atoms with Gasteiger partial charge in [-0.1, -0.05) is 18.2 Å². The van der Waals surface area contributed by atoms with E-state index in [-0.39, 0.29) is 11.7 Å². The second kappa shape index (κ2) is 9.80. The fourth-order valence-electron chi connectivity index (χ4n) is 2.63. The van der Waals surface area contributed by atoms with E-state index in [1.807, 2.05) is 30.3 Å². The van der Waals surface area contributed by atoms with E-state index >= 15 is 0 Å². The summed E-state index contributed by atoms with van der Waals surface area (Å²) in [7, 11) is 3.14. The Kier molecular flexibility index (Phi) is 6.92. The predicted molar refractivity (Wildman–Crippen MR) is 115 cm³/mol. The van der Waals surface area contributed by atoms with Crippen molar-refractivity contribution in [2.24, 2.45) is 0 Å². The number of ether oxygens (including phenoxy) is 2. The molecule has 0 bridgehead atoms. The SMILES string of the molecule is COc1cccc(C(=O)CSc2ccc(NC(=O)c3cccc(OC)c3)cc2)c1. The summed E-state index contributed by atoms with van der Waals surface area (Å²) >= 11 is 1.45. The molecule has 0 aliphatic carbocycles. The minimum Gasteiger partial charge on any atom is -0.497 e. The van der Waals surface area contributed by atoms with Crippen LogP contribution in [-0.2, 0) is 0 Å². The fourth-order valence-corrected chi connectivity index (χ4v) is 3.42. The first-order valence-corrected chi connectivity index (χ1v) is 9.93. The number of benzene rings is 3. The van der Waals surface area contributed by atoms with Crippen LogP contribution in [0.3, 0.4) is 0 Å². The summed E-state index contributed by atoms with van der Waals surface area (Å²) in [5.74, 6) is 1.44. The number of hydrogen-bond donors (Lipinski definition) is 1. The monoisotopic (exact) mass is 407 g/mol. The Morgan fingerprint density at radius 3 is 2.03 bits per heavy atom. The first-order chi connectivity index (χ1) is 14.1. The smallest absolute Gasteiger partial charge is 0.255 e. The van der Waals surface area contributed by atoms with Gasteiger partial charge in [0.15, 0.2) is 5.78 Å². The van der Waals surface area contributed by atoms with Crippen LogP contribution >= 0.6 is 11.8 Å². The number of hydrogen-bond acceptors (Lipinski definition) is 5. The zero-order chi connectivity index (χ0) is 20.6. The predicted octanol–water partition coefficient (Wildman–Crippen LogP) is 4.93. The van der Waals surface area contributed by atoms with Crippen LogP contribution in [0.15, 0.2) is 77.7 Å². The lowest BCUT2D eigenvalue weighted by atomic mass is 10.1. The van der Waals surface area contributed by atoms with E-state index in [0.29, 0.717) is 34.1 Å². The molecule has 0 radical (unpaired) electrons. The normalized spacial score (nSPS) is 10.3.